The highest BCUT2D eigenvalue weighted by molar-refractivity contribution is 9.10. The van der Waals surface area contributed by atoms with Gasteiger partial charge in [0.1, 0.15) is 0 Å². The molecule has 0 radical (unpaired) electrons. The van der Waals surface area contributed by atoms with Gasteiger partial charge < -0.3 is 5.32 Å². The fraction of sp³-hybridized carbons (Fsp3) is 0.250. The molecular formula is C16H17BrClN. The normalized spacial score (nSPS) is 12.2. The van der Waals surface area contributed by atoms with Crippen LogP contribution in [0.4, 0.5) is 5.69 Å². The van der Waals surface area contributed by atoms with Gasteiger partial charge in [0, 0.05) is 15.2 Å². The number of halogens is 2. The molecule has 0 aliphatic carbocycles. The van der Waals surface area contributed by atoms with E-state index < -0.39 is 0 Å². The van der Waals surface area contributed by atoms with Crippen LogP contribution in [0, 0.1) is 6.92 Å². The third kappa shape index (κ3) is 3.74. The Bertz CT molecular complexity index is 551. The van der Waals surface area contributed by atoms with Gasteiger partial charge in [0.25, 0.3) is 0 Å². The molecule has 2 rings (SSSR count). The Morgan fingerprint density at radius 1 is 1.16 bits per heavy atom. The van der Waals surface area contributed by atoms with Crippen molar-refractivity contribution < 1.29 is 0 Å². The highest BCUT2D eigenvalue weighted by Crippen LogP contribution is 2.26. The minimum absolute atomic E-state index is 0.304. The molecule has 0 aliphatic rings. The van der Waals surface area contributed by atoms with Crippen LogP contribution in [0.1, 0.15) is 30.5 Å². The average Bonchev–Trinajstić information content (AvgIpc) is 2.41. The van der Waals surface area contributed by atoms with Gasteiger partial charge >= 0.3 is 0 Å². The number of nitrogens with one attached hydrogen (secondary N) is 1. The van der Waals surface area contributed by atoms with Gasteiger partial charge in [0.05, 0.1) is 6.04 Å². The van der Waals surface area contributed by atoms with Crippen molar-refractivity contribution in [3.05, 3.63) is 63.1 Å². The quantitative estimate of drug-likeness (QED) is 0.723. The van der Waals surface area contributed by atoms with Crippen molar-refractivity contribution in [1.29, 1.82) is 0 Å². The van der Waals surface area contributed by atoms with Gasteiger partial charge in [-0.15, -0.1) is 0 Å². The van der Waals surface area contributed by atoms with Crippen molar-refractivity contribution in [3.8, 4) is 0 Å². The van der Waals surface area contributed by atoms with E-state index in [0.717, 1.165) is 21.6 Å². The fourth-order valence-electron chi connectivity index (χ4n) is 2.05. The van der Waals surface area contributed by atoms with Crippen molar-refractivity contribution in [3.63, 3.8) is 0 Å². The number of hydrogen-bond acceptors (Lipinski definition) is 1. The lowest BCUT2D eigenvalue weighted by molar-refractivity contribution is 0.749. The zero-order valence-corrected chi connectivity index (χ0v) is 13.4. The van der Waals surface area contributed by atoms with E-state index in [1.54, 1.807) is 0 Å². The van der Waals surface area contributed by atoms with Crippen LogP contribution in [0.3, 0.4) is 0 Å². The SMILES string of the molecule is CCC(Nc1ccc(Br)c(C)c1)c1ccc(Cl)cc1. The molecule has 1 unspecified atom stereocenters. The first-order chi connectivity index (χ1) is 9.10. The summed E-state index contributed by atoms with van der Waals surface area (Å²) in [5, 5.41) is 4.34. The molecule has 0 aromatic heterocycles. The summed E-state index contributed by atoms with van der Waals surface area (Å²) in [6.07, 6.45) is 1.02. The molecule has 2 aromatic rings. The summed E-state index contributed by atoms with van der Waals surface area (Å²) in [5.41, 5.74) is 3.63. The molecule has 0 bridgehead atoms. The highest BCUT2D eigenvalue weighted by atomic mass is 79.9. The number of anilines is 1. The molecule has 100 valence electrons. The van der Waals surface area contributed by atoms with Crippen LogP contribution in [0.5, 0.6) is 0 Å². The maximum atomic E-state index is 5.93. The molecule has 0 saturated carbocycles. The van der Waals surface area contributed by atoms with Crippen LogP contribution in [0.2, 0.25) is 5.02 Å². The number of rotatable bonds is 4. The predicted molar refractivity (Wildman–Crippen MR) is 87.0 cm³/mol. The summed E-state index contributed by atoms with van der Waals surface area (Å²) in [7, 11) is 0. The maximum absolute atomic E-state index is 5.93. The van der Waals surface area contributed by atoms with Gasteiger partial charge in [-0.1, -0.05) is 46.6 Å². The van der Waals surface area contributed by atoms with E-state index in [9.17, 15) is 0 Å². The van der Waals surface area contributed by atoms with Gasteiger partial charge in [-0.2, -0.15) is 0 Å². The van der Waals surface area contributed by atoms with Crippen molar-refractivity contribution in [1.82, 2.24) is 0 Å². The summed E-state index contributed by atoms with van der Waals surface area (Å²) in [6, 6.07) is 14.7. The van der Waals surface area contributed by atoms with Gasteiger partial charge in [-0.25, -0.2) is 0 Å². The zero-order valence-electron chi connectivity index (χ0n) is 11.1. The molecule has 0 spiro atoms. The summed E-state index contributed by atoms with van der Waals surface area (Å²) in [6.45, 7) is 4.27. The van der Waals surface area contributed by atoms with E-state index in [1.165, 1.54) is 11.1 Å². The predicted octanol–water partition coefficient (Wildman–Crippen LogP) is 5.97. The number of aryl methyl sites for hydroxylation is 1. The van der Waals surface area contributed by atoms with E-state index in [1.807, 2.05) is 12.1 Å². The van der Waals surface area contributed by atoms with E-state index in [2.05, 4.69) is 65.4 Å². The Morgan fingerprint density at radius 2 is 1.84 bits per heavy atom. The maximum Gasteiger partial charge on any atom is 0.0511 e. The molecule has 1 N–H and O–H groups in total. The molecule has 0 aliphatic heterocycles. The van der Waals surface area contributed by atoms with Crippen LogP contribution in [0.15, 0.2) is 46.9 Å². The topological polar surface area (TPSA) is 12.0 Å². The van der Waals surface area contributed by atoms with E-state index >= 15 is 0 Å². The molecule has 1 nitrogen and oxygen atoms in total. The third-order valence-corrected chi connectivity index (χ3v) is 4.32. The second kappa shape index (κ2) is 6.44. The van der Waals surface area contributed by atoms with Gasteiger partial charge in [-0.05, 0) is 54.8 Å². The molecule has 3 heteroatoms. The first-order valence-electron chi connectivity index (χ1n) is 6.38. The lowest BCUT2D eigenvalue weighted by Gasteiger charge is -2.19. The highest BCUT2D eigenvalue weighted by Gasteiger charge is 2.09. The zero-order chi connectivity index (χ0) is 13.8. The van der Waals surface area contributed by atoms with E-state index in [-0.39, 0.29) is 0 Å². The van der Waals surface area contributed by atoms with Crippen LogP contribution >= 0.6 is 27.5 Å². The van der Waals surface area contributed by atoms with E-state index in [4.69, 9.17) is 11.6 Å². The molecule has 0 heterocycles. The summed E-state index contributed by atoms with van der Waals surface area (Å²) >= 11 is 9.46. The Morgan fingerprint density at radius 3 is 2.42 bits per heavy atom. The largest absolute Gasteiger partial charge is 0.378 e. The Balaban J connectivity index is 2.18. The standard InChI is InChI=1S/C16H17BrClN/c1-3-16(12-4-6-13(18)7-5-12)19-14-8-9-15(17)11(2)10-14/h4-10,16,19H,3H2,1-2H3. The molecule has 0 fully saturated rings. The monoisotopic (exact) mass is 337 g/mol. The third-order valence-electron chi connectivity index (χ3n) is 3.18. The second-order valence-electron chi connectivity index (χ2n) is 4.62. The van der Waals surface area contributed by atoms with Crippen LogP contribution in [-0.2, 0) is 0 Å². The van der Waals surface area contributed by atoms with E-state index in [0.29, 0.717) is 6.04 Å². The first kappa shape index (κ1) is 14.4. The summed E-state index contributed by atoms with van der Waals surface area (Å²) < 4.78 is 1.14. The minimum Gasteiger partial charge on any atom is -0.378 e. The second-order valence-corrected chi connectivity index (χ2v) is 5.91. The van der Waals surface area contributed by atoms with Crippen molar-refractivity contribution in [2.24, 2.45) is 0 Å². The Hall–Kier alpha value is -0.990. The number of hydrogen-bond donors (Lipinski definition) is 1. The fourth-order valence-corrected chi connectivity index (χ4v) is 2.42. The average molecular weight is 339 g/mol. The van der Waals surface area contributed by atoms with Crippen molar-refractivity contribution in [2.45, 2.75) is 26.3 Å². The smallest absolute Gasteiger partial charge is 0.0511 e. The van der Waals surface area contributed by atoms with Gasteiger partial charge in [0.15, 0.2) is 0 Å². The van der Waals surface area contributed by atoms with Crippen LogP contribution in [0.25, 0.3) is 0 Å². The Labute approximate surface area is 128 Å². The van der Waals surface area contributed by atoms with Gasteiger partial charge in [-0.3, -0.25) is 0 Å². The van der Waals surface area contributed by atoms with Crippen LogP contribution in [-0.4, -0.2) is 0 Å². The Kier molecular flexibility index (Phi) is 4.89. The molecule has 2 aromatic carbocycles. The number of benzene rings is 2. The molecule has 19 heavy (non-hydrogen) atoms. The first-order valence-corrected chi connectivity index (χ1v) is 7.55. The molecule has 1 atom stereocenters. The summed E-state index contributed by atoms with van der Waals surface area (Å²) in [4.78, 5) is 0. The lowest BCUT2D eigenvalue weighted by atomic mass is 10.0. The lowest BCUT2D eigenvalue weighted by Crippen LogP contribution is -2.09. The molecular weight excluding hydrogens is 322 g/mol. The van der Waals surface area contributed by atoms with Crippen molar-refractivity contribution >= 4 is 33.2 Å². The molecule has 0 saturated heterocycles. The van der Waals surface area contributed by atoms with Gasteiger partial charge in [0.2, 0.25) is 0 Å². The van der Waals surface area contributed by atoms with Crippen molar-refractivity contribution in [2.75, 3.05) is 5.32 Å². The minimum atomic E-state index is 0.304. The summed E-state index contributed by atoms with van der Waals surface area (Å²) in [5.74, 6) is 0. The van der Waals surface area contributed by atoms with Crippen LogP contribution < -0.4 is 5.32 Å². The molecule has 0 amide bonds.